The van der Waals surface area contributed by atoms with Gasteiger partial charge in [-0.15, -0.1) is 11.3 Å². The summed E-state index contributed by atoms with van der Waals surface area (Å²) >= 11 is 1.86. The van der Waals surface area contributed by atoms with Crippen molar-refractivity contribution in [2.75, 3.05) is 0 Å². The molecule has 266 valence electrons. The van der Waals surface area contributed by atoms with Crippen LogP contribution in [-0.2, 0) is 0 Å². The molecule has 0 bridgehead atoms. The van der Waals surface area contributed by atoms with E-state index < -0.39 is 0 Å². The second-order valence-electron chi connectivity index (χ2n) is 14.4. The summed E-state index contributed by atoms with van der Waals surface area (Å²) < 4.78 is 11.7. The third-order valence-electron chi connectivity index (χ3n) is 11.0. The molecule has 57 heavy (non-hydrogen) atoms. The molecule has 4 heterocycles. The van der Waals surface area contributed by atoms with Crippen LogP contribution in [0.25, 0.3) is 115 Å². The van der Waals surface area contributed by atoms with E-state index in [9.17, 15) is 0 Å². The summed E-state index contributed by atoms with van der Waals surface area (Å²) in [6.45, 7) is 0. The van der Waals surface area contributed by atoms with Gasteiger partial charge in [-0.2, -0.15) is 0 Å². The van der Waals surface area contributed by atoms with E-state index in [2.05, 4.69) is 120 Å². The summed E-state index contributed by atoms with van der Waals surface area (Å²) in [6, 6.07) is 63.9. The van der Waals surface area contributed by atoms with Crippen LogP contribution in [-0.4, -0.2) is 19.5 Å². The molecule has 0 spiro atoms. The number of furan rings is 1. The fraction of sp³-hybridized carbons (Fsp3) is 0. The first-order valence-corrected chi connectivity index (χ1v) is 19.8. The molecule has 0 N–H and O–H groups in total. The first-order valence-electron chi connectivity index (χ1n) is 19.0. The van der Waals surface area contributed by atoms with Crippen LogP contribution in [0, 0.1) is 0 Å². The van der Waals surface area contributed by atoms with Crippen molar-refractivity contribution in [3.63, 3.8) is 0 Å². The Bertz CT molecular complexity index is 3460. The monoisotopic (exact) mass is 746 g/mol. The van der Waals surface area contributed by atoms with Gasteiger partial charge in [0.25, 0.3) is 0 Å². The van der Waals surface area contributed by atoms with Crippen molar-refractivity contribution in [1.29, 1.82) is 0 Å². The van der Waals surface area contributed by atoms with E-state index >= 15 is 0 Å². The van der Waals surface area contributed by atoms with E-state index in [1.807, 2.05) is 78.1 Å². The molecule has 12 aromatic rings. The molecule has 0 aliphatic heterocycles. The van der Waals surface area contributed by atoms with Crippen LogP contribution in [0.1, 0.15) is 0 Å². The van der Waals surface area contributed by atoms with Gasteiger partial charge in [0.2, 0.25) is 0 Å². The Morgan fingerprint density at radius 3 is 1.75 bits per heavy atom. The number of hydrogen-bond donors (Lipinski definition) is 0. The van der Waals surface area contributed by atoms with Crippen molar-refractivity contribution in [1.82, 2.24) is 19.5 Å². The standard InChI is InChI=1S/C51H30N4OS/c1-4-13-31(14-5-1)49-52-50(32-15-6-2-7-16-32)54-51(53-49)38-21-12-20-37-41-28-34(24-26-45(41)56-48(37)38)33-23-25-43-39(27-33)40-29-42-36-19-10-11-22-46(36)57-47(42)30-44(40)55(43)35-17-8-3-9-18-35/h1-30H. The highest BCUT2D eigenvalue weighted by atomic mass is 32.1. The maximum atomic E-state index is 6.67. The second kappa shape index (κ2) is 12.6. The van der Waals surface area contributed by atoms with E-state index in [4.69, 9.17) is 19.4 Å². The molecule has 0 saturated heterocycles. The maximum absolute atomic E-state index is 6.67. The van der Waals surface area contributed by atoms with Crippen LogP contribution < -0.4 is 0 Å². The van der Waals surface area contributed by atoms with E-state index in [0.29, 0.717) is 17.5 Å². The molecular formula is C51H30N4OS. The number of fused-ring (bicyclic) bond motifs is 9. The van der Waals surface area contributed by atoms with Gasteiger partial charge in [0.05, 0.1) is 16.6 Å². The first-order chi connectivity index (χ1) is 28.2. The molecule has 0 unspecified atom stereocenters. The van der Waals surface area contributed by atoms with Crippen molar-refractivity contribution in [2.45, 2.75) is 0 Å². The molecule has 0 saturated carbocycles. The van der Waals surface area contributed by atoms with E-state index in [-0.39, 0.29) is 0 Å². The lowest BCUT2D eigenvalue weighted by atomic mass is 10.00. The zero-order valence-corrected chi connectivity index (χ0v) is 31.2. The molecule has 6 heteroatoms. The molecule has 0 amide bonds. The Labute approximate surface area is 330 Å². The molecule has 0 aliphatic carbocycles. The Morgan fingerprint density at radius 1 is 0.386 bits per heavy atom. The number of nitrogens with zero attached hydrogens (tertiary/aromatic N) is 4. The number of aromatic nitrogens is 4. The van der Waals surface area contributed by atoms with E-state index in [1.165, 1.54) is 42.0 Å². The molecule has 0 radical (unpaired) electrons. The predicted molar refractivity (Wildman–Crippen MR) is 236 cm³/mol. The number of hydrogen-bond acceptors (Lipinski definition) is 5. The smallest absolute Gasteiger partial charge is 0.167 e. The maximum Gasteiger partial charge on any atom is 0.167 e. The van der Waals surface area contributed by atoms with Gasteiger partial charge in [-0.1, -0.05) is 121 Å². The fourth-order valence-electron chi connectivity index (χ4n) is 8.36. The van der Waals surface area contributed by atoms with Crippen LogP contribution in [0.4, 0.5) is 0 Å². The minimum absolute atomic E-state index is 0.570. The van der Waals surface area contributed by atoms with Crippen LogP contribution >= 0.6 is 11.3 Å². The topological polar surface area (TPSA) is 56.7 Å². The van der Waals surface area contributed by atoms with Gasteiger partial charge in [0.15, 0.2) is 17.5 Å². The van der Waals surface area contributed by atoms with Gasteiger partial charge in [-0.25, -0.2) is 15.0 Å². The van der Waals surface area contributed by atoms with Crippen LogP contribution in [0.15, 0.2) is 186 Å². The molecule has 5 nitrogen and oxygen atoms in total. The van der Waals surface area contributed by atoms with Crippen molar-refractivity contribution < 1.29 is 4.42 Å². The van der Waals surface area contributed by atoms with Gasteiger partial charge in [0, 0.05) is 58.5 Å². The van der Waals surface area contributed by atoms with Crippen molar-refractivity contribution in [3.05, 3.63) is 182 Å². The van der Waals surface area contributed by atoms with Crippen LogP contribution in [0.5, 0.6) is 0 Å². The van der Waals surface area contributed by atoms with Crippen molar-refractivity contribution >= 4 is 75.3 Å². The summed E-state index contributed by atoms with van der Waals surface area (Å²) in [5.74, 6) is 1.80. The minimum Gasteiger partial charge on any atom is -0.455 e. The second-order valence-corrected chi connectivity index (χ2v) is 15.5. The molecular weight excluding hydrogens is 717 g/mol. The third kappa shape index (κ3) is 5.12. The average Bonchev–Trinajstić information content (AvgIpc) is 3.95. The van der Waals surface area contributed by atoms with Crippen LogP contribution in [0.2, 0.25) is 0 Å². The molecule has 0 aliphatic rings. The van der Waals surface area contributed by atoms with Gasteiger partial charge in [-0.05, 0) is 71.8 Å². The predicted octanol–water partition coefficient (Wildman–Crippen LogP) is 13.9. The summed E-state index contributed by atoms with van der Waals surface area (Å²) in [5.41, 5.74) is 10.1. The van der Waals surface area contributed by atoms with Gasteiger partial charge < -0.3 is 8.98 Å². The Balaban J connectivity index is 1.03. The van der Waals surface area contributed by atoms with Gasteiger partial charge in [-0.3, -0.25) is 0 Å². The van der Waals surface area contributed by atoms with Crippen LogP contribution in [0.3, 0.4) is 0 Å². The van der Waals surface area contributed by atoms with Gasteiger partial charge >= 0.3 is 0 Å². The SMILES string of the molecule is c1ccc(-c2nc(-c3ccccc3)nc(-c3cccc4c3oc3ccc(-c5ccc6c(c5)c5cc7c(cc5n6-c5ccccc5)sc5ccccc57)cc34)n2)cc1. The average molecular weight is 747 g/mol. The largest absolute Gasteiger partial charge is 0.455 e. The Hall–Kier alpha value is -7.41. The highest BCUT2D eigenvalue weighted by Crippen LogP contribution is 2.43. The normalized spacial score (nSPS) is 11.9. The highest BCUT2D eigenvalue weighted by molar-refractivity contribution is 7.25. The quantitative estimate of drug-likeness (QED) is 0.176. The van der Waals surface area contributed by atoms with Crippen molar-refractivity contribution in [2.24, 2.45) is 0 Å². The van der Waals surface area contributed by atoms with E-state index in [0.717, 1.165) is 55.4 Å². The zero-order valence-electron chi connectivity index (χ0n) is 30.4. The van der Waals surface area contributed by atoms with E-state index in [1.54, 1.807) is 0 Å². The third-order valence-corrected chi connectivity index (χ3v) is 12.2. The molecule has 8 aromatic carbocycles. The lowest BCUT2D eigenvalue weighted by Crippen LogP contribution is -2.00. The van der Waals surface area contributed by atoms with Crippen molar-refractivity contribution in [3.8, 4) is 51.0 Å². The molecule has 0 atom stereocenters. The number of rotatable bonds is 5. The zero-order chi connectivity index (χ0) is 37.5. The summed E-state index contributed by atoms with van der Waals surface area (Å²) in [6.07, 6.45) is 0. The number of benzene rings is 8. The number of thiophene rings is 1. The van der Waals surface area contributed by atoms with Gasteiger partial charge in [0.1, 0.15) is 11.2 Å². The fourth-order valence-corrected chi connectivity index (χ4v) is 9.48. The molecule has 0 fully saturated rings. The summed E-state index contributed by atoms with van der Waals surface area (Å²) in [4.78, 5) is 14.9. The molecule has 12 rings (SSSR count). The minimum atomic E-state index is 0.570. The highest BCUT2D eigenvalue weighted by Gasteiger charge is 2.20. The first kappa shape index (κ1) is 31.9. The summed E-state index contributed by atoms with van der Waals surface area (Å²) in [7, 11) is 0. The molecule has 4 aromatic heterocycles. The Morgan fingerprint density at radius 2 is 1.00 bits per heavy atom. The lowest BCUT2D eigenvalue weighted by molar-refractivity contribution is 0.669. The number of para-hydroxylation sites is 2. The summed E-state index contributed by atoms with van der Waals surface area (Å²) in [5, 5.41) is 7.13. The lowest BCUT2D eigenvalue weighted by Gasteiger charge is -2.08. The Kier molecular flexibility index (Phi) is 7.03.